The zero-order chi connectivity index (χ0) is 15.6. The number of benzene rings is 1. The van der Waals surface area contributed by atoms with Gasteiger partial charge < -0.3 is 10.4 Å². The van der Waals surface area contributed by atoms with Crippen molar-refractivity contribution < 1.29 is 23.2 Å². The molecule has 0 spiro atoms. The zero-order valence-electron chi connectivity index (χ0n) is 11.0. The summed E-state index contributed by atoms with van der Waals surface area (Å²) in [6.45, 7) is 3.06. The van der Waals surface area contributed by atoms with E-state index in [4.69, 9.17) is 0 Å². The molecule has 1 atom stereocenters. The van der Waals surface area contributed by atoms with Crippen LogP contribution in [0, 0.1) is 10.1 Å². The number of aliphatic hydroxyl groups is 1. The number of nitrogens with one attached hydrogen (secondary N) is 1. The Hall–Kier alpha value is -1.83. The van der Waals surface area contributed by atoms with Gasteiger partial charge in [-0.15, -0.1) is 0 Å². The van der Waals surface area contributed by atoms with Gasteiger partial charge in [-0.05, 0) is 25.5 Å². The molecule has 8 heteroatoms. The van der Waals surface area contributed by atoms with Crippen molar-refractivity contribution in [2.24, 2.45) is 0 Å². The van der Waals surface area contributed by atoms with E-state index in [-0.39, 0.29) is 12.3 Å². The quantitative estimate of drug-likeness (QED) is 0.645. The second-order valence-corrected chi connectivity index (χ2v) is 4.68. The predicted molar refractivity (Wildman–Crippen MR) is 67.5 cm³/mol. The Labute approximate surface area is 113 Å². The molecule has 1 unspecified atom stereocenters. The van der Waals surface area contributed by atoms with Gasteiger partial charge in [-0.2, -0.15) is 13.2 Å². The SMILES string of the molecule is CCC(C)(CO)Nc1ccc(C(F)(F)F)cc1[N+](=O)[O-]. The number of nitrogens with zero attached hydrogens (tertiary/aromatic N) is 1. The van der Waals surface area contributed by atoms with Crippen molar-refractivity contribution in [2.45, 2.75) is 32.0 Å². The Morgan fingerprint density at radius 1 is 1.40 bits per heavy atom. The molecule has 1 aromatic rings. The van der Waals surface area contributed by atoms with Crippen LogP contribution in [0.3, 0.4) is 0 Å². The van der Waals surface area contributed by atoms with Crippen molar-refractivity contribution in [2.75, 3.05) is 11.9 Å². The second-order valence-electron chi connectivity index (χ2n) is 4.68. The van der Waals surface area contributed by atoms with Crippen molar-refractivity contribution in [3.63, 3.8) is 0 Å². The smallest absolute Gasteiger partial charge is 0.394 e. The number of hydrogen-bond acceptors (Lipinski definition) is 4. The molecule has 1 aromatic carbocycles. The molecule has 2 N–H and O–H groups in total. The second kappa shape index (κ2) is 5.66. The maximum absolute atomic E-state index is 12.6. The third kappa shape index (κ3) is 3.60. The minimum Gasteiger partial charge on any atom is -0.394 e. The van der Waals surface area contributed by atoms with Crippen molar-refractivity contribution in [3.8, 4) is 0 Å². The fourth-order valence-corrected chi connectivity index (χ4v) is 1.53. The van der Waals surface area contributed by atoms with Crippen LogP contribution in [0.5, 0.6) is 0 Å². The molecular formula is C12H15F3N2O3. The molecule has 0 radical (unpaired) electrons. The molecule has 0 aromatic heterocycles. The van der Waals surface area contributed by atoms with E-state index in [9.17, 15) is 28.4 Å². The number of alkyl halides is 3. The van der Waals surface area contributed by atoms with Crippen LogP contribution >= 0.6 is 0 Å². The van der Waals surface area contributed by atoms with Crippen LogP contribution in [0.4, 0.5) is 24.5 Å². The number of hydrogen-bond donors (Lipinski definition) is 2. The van der Waals surface area contributed by atoms with Gasteiger partial charge in [-0.25, -0.2) is 0 Å². The Morgan fingerprint density at radius 2 is 2.00 bits per heavy atom. The highest BCUT2D eigenvalue weighted by atomic mass is 19.4. The number of nitro groups is 1. The van der Waals surface area contributed by atoms with Crippen molar-refractivity contribution in [3.05, 3.63) is 33.9 Å². The van der Waals surface area contributed by atoms with Crippen LogP contribution in [0.15, 0.2) is 18.2 Å². The summed E-state index contributed by atoms with van der Waals surface area (Å²) < 4.78 is 37.7. The lowest BCUT2D eigenvalue weighted by atomic mass is 9.99. The first-order chi connectivity index (χ1) is 9.13. The standard InChI is InChI=1S/C12H15F3N2O3/c1-3-11(2,7-18)16-9-5-4-8(12(13,14)15)6-10(9)17(19)20/h4-6,16,18H,3,7H2,1-2H3. The van der Waals surface area contributed by atoms with E-state index in [0.29, 0.717) is 12.5 Å². The van der Waals surface area contributed by atoms with Gasteiger partial charge in [-0.3, -0.25) is 10.1 Å². The summed E-state index contributed by atoms with van der Waals surface area (Å²) in [6.07, 6.45) is -4.20. The maximum atomic E-state index is 12.6. The fraction of sp³-hybridized carbons (Fsp3) is 0.500. The summed E-state index contributed by atoms with van der Waals surface area (Å²) in [6, 6.07) is 2.25. The van der Waals surface area contributed by atoms with E-state index in [1.54, 1.807) is 13.8 Å². The molecule has 0 aliphatic rings. The first-order valence-electron chi connectivity index (χ1n) is 5.87. The lowest BCUT2D eigenvalue weighted by Crippen LogP contribution is -2.38. The van der Waals surface area contributed by atoms with Gasteiger partial charge in [0.15, 0.2) is 0 Å². The molecule has 112 valence electrons. The highest BCUT2D eigenvalue weighted by molar-refractivity contribution is 5.64. The van der Waals surface area contributed by atoms with E-state index in [1.807, 2.05) is 0 Å². The molecule has 0 fully saturated rings. The molecule has 0 amide bonds. The van der Waals surface area contributed by atoms with Crippen molar-refractivity contribution in [1.82, 2.24) is 0 Å². The molecule has 0 aliphatic heterocycles. The molecule has 0 bridgehead atoms. The lowest BCUT2D eigenvalue weighted by Gasteiger charge is -2.28. The van der Waals surface area contributed by atoms with Gasteiger partial charge >= 0.3 is 6.18 Å². The topological polar surface area (TPSA) is 75.4 Å². The number of anilines is 1. The van der Waals surface area contributed by atoms with Crippen LogP contribution < -0.4 is 5.32 Å². The van der Waals surface area contributed by atoms with Gasteiger partial charge in [-0.1, -0.05) is 6.92 Å². The normalized spacial score (nSPS) is 14.7. The average molecular weight is 292 g/mol. The molecule has 5 nitrogen and oxygen atoms in total. The number of aliphatic hydroxyl groups excluding tert-OH is 1. The van der Waals surface area contributed by atoms with Gasteiger partial charge in [0.25, 0.3) is 5.69 Å². The summed E-state index contributed by atoms with van der Waals surface area (Å²) in [7, 11) is 0. The predicted octanol–water partition coefficient (Wildman–Crippen LogP) is 3.19. The van der Waals surface area contributed by atoms with Crippen molar-refractivity contribution in [1.29, 1.82) is 0 Å². The summed E-state index contributed by atoms with van der Waals surface area (Å²) >= 11 is 0. The summed E-state index contributed by atoms with van der Waals surface area (Å²) in [4.78, 5) is 10.0. The molecule has 20 heavy (non-hydrogen) atoms. The monoisotopic (exact) mass is 292 g/mol. The van der Waals surface area contributed by atoms with Gasteiger partial charge in [0, 0.05) is 6.07 Å². The third-order valence-electron chi connectivity index (χ3n) is 3.09. The number of nitro benzene ring substituents is 1. The van der Waals surface area contributed by atoms with Crippen LogP contribution in [-0.2, 0) is 6.18 Å². The molecule has 0 saturated carbocycles. The van der Waals surface area contributed by atoms with E-state index >= 15 is 0 Å². The third-order valence-corrected chi connectivity index (χ3v) is 3.09. The molecule has 0 heterocycles. The van der Waals surface area contributed by atoms with Crippen molar-refractivity contribution >= 4 is 11.4 Å². The summed E-state index contributed by atoms with van der Waals surface area (Å²) in [5.41, 5.74) is -2.66. The molecular weight excluding hydrogens is 277 g/mol. The van der Waals surface area contributed by atoms with Crippen LogP contribution in [0.2, 0.25) is 0 Å². The molecule has 0 saturated heterocycles. The van der Waals surface area contributed by atoms with Gasteiger partial charge in [0.2, 0.25) is 0 Å². The summed E-state index contributed by atoms with van der Waals surface area (Å²) in [5, 5.41) is 22.9. The highest BCUT2D eigenvalue weighted by Gasteiger charge is 2.34. The van der Waals surface area contributed by atoms with E-state index < -0.39 is 27.9 Å². The fourth-order valence-electron chi connectivity index (χ4n) is 1.53. The maximum Gasteiger partial charge on any atom is 0.416 e. The largest absolute Gasteiger partial charge is 0.416 e. The Kier molecular flexibility index (Phi) is 4.59. The lowest BCUT2D eigenvalue weighted by molar-refractivity contribution is -0.384. The van der Waals surface area contributed by atoms with Crippen LogP contribution in [-0.4, -0.2) is 22.2 Å². The molecule has 0 aliphatic carbocycles. The van der Waals surface area contributed by atoms with E-state index in [2.05, 4.69) is 5.32 Å². The Balaban J connectivity index is 3.25. The van der Waals surface area contributed by atoms with E-state index in [0.717, 1.165) is 12.1 Å². The van der Waals surface area contributed by atoms with Crippen LogP contribution in [0.1, 0.15) is 25.8 Å². The van der Waals surface area contributed by atoms with E-state index in [1.165, 1.54) is 0 Å². The van der Waals surface area contributed by atoms with Crippen LogP contribution in [0.25, 0.3) is 0 Å². The van der Waals surface area contributed by atoms with Gasteiger partial charge in [0.05, 0.1) is 22.6 Å². The first kappa shape index (κ1) is 16.2. The minimum atomic E-state index is -4.64. The average Bonchev–Trinajstić information content (AvgIpc) is 2.37. The number of rotatable bonds is 5. The Morgan fingerprint density at radius 3 is 2.40 bits per heavy atom. The highest BCUT2D eigenvalue weighted by Crippen LogP contribution is 2.36. The zero-order valence-corrected chi connectivity index (χ0v) is 11.0. The Bertz CT molecular complexity index is 499. The molecule has 1 rings (SSSR count). The summed E-state index contributed by atoms with van der Waals surface area (Å²) in [5.74, 6) is 0. The number of halogens is 3. The van der Waals surface area contributed by atoms with Gasteiger partial charge in [0.1, 0.15) is 5.69 Å². The first-order valence-corrected chi connectivity index (χ1v) is 5.87. The minimum absolute atomic E-state index is 0.0543.